The summed E-state index contributed by atoms with van der Waals surface area (Å²) in [7, 11) is 0. The summed E-state index contributed by atoms with van der Waals surface area (Å²) >= 11 is 0. The van der Waals surface area contributed by atoms with Gasteiger partial charge < -0.3 is 10.6 Å². The second-order valence-electron chi connectivity index (χ2n) is 10.5. The van der Waals surface area contributed by atoms with Crippen LogP contribution >= 0.6 is 0 Å². The zero-order valence-electron chi connectivity index (χ0n) is 21.8. The molecule has 0 radical (unpaired) electrons. The number of nitrogens with two attached hydrogens (primary N) is 1. The van der Waals surface area contributed by atoms with Crippen molar-refractivity contribution in [2.24, 2.45) is 17.6 Å². The van der Waals surface area contributed by atoms with Gasteiger partial charge in [-0.25, -0.2) is 14.0 Å². The van der Waals surface area contributed by atoms with E-state index in [9.17, 15) is 28.8 Å². The number of benzene rings is 2. The van der Waals surface area contributed by atoms with Gasteiger partial charge in [-0.05, 0) is 75.4 Å². The maximum atomic E-state index is 14.7. The third-order valence-electron chi connectivity index (χ3n) is 7.45. The van der Waals surface area contributed by atoms with Gasteiger partial charge in [0.2, 0.25) is 5.91 Å². The highest BCUT2D eigenvalue weighted by Crippen LogP contribution is 2.33. The van der Waals surface area contributed by atoms with Crippen LogP contribution in [0.25, 0.3) is 10.9 Å². The minimum absolute atomic E-state index is 0.109. The highest BCUT2D eigenvalue weighted by molar-refractivity contribution is 6.01. The van der Waals surface area contributed by atoms with E-state index in [1.54, 1.807) is 22.8 Å². The smallest absolute Gasteiger partial charge is 0.331 e. The van der Waals surface area contributed by atoms with Crippen LogP contribution in [0.2, 0.25) is 0 Å². The molecule has 1 unspecified atom stereocenters. The topological polar surface area (TPSA) is 134 Å². The van der Waals surface area contributed by atoms with E-state index in [0.29, 0.717) is 18.5 Å². The van der Waals surface area contributed by atoms with Gasteiger partial charge in [0, 0.05) is 25.7 Å². The molecule has 0 spiro atoms. The molecule has 2 aliphatic rings. The first-order chi connectivity index (χ1) is 18.6. The number of nitrogens with zero attached hydrogens (tertiary/aromatic N) is 5. The number of carbonyl (C=O) groups excluding carboxylic acids is 2. The molecular weight excluding hydrogens is 503 g/mol. The number of carbonyl (C=O) groups is 2. The SMILES string of the molecule is CC(C)n1c(=O)n(CC2CC2)c(=O)c2cc(N(C(=O)N3CCC(C(N)=O)C3)c3ccc(C#N)c(F)c3)ccc21. The molecule has 1 atom stereocenters. The van der Waals surface area contributed by atoms with Gasteiger partial charge in [-0.2, -0.15) is 5.26 Å². The molecule has 10 nitrogen and oxygen atoms in total. The first-order valence-electron chi connectivity index (χ1n) is 13.0. The minimum atomic E-state index is -0.801. The van der Waals surface area contributed by atoms with Crippen molar-refractivity contribution in [2.75, 3.05) is 18.0 Å². The Balaban J connectivity index is 1.68. The fraction of sp³-hybridized carbons (Fsp3) is 0.393. The van der Waals surface area contributed by atoms with E-state index in [4.69, 9.17) is 5.73 Å². The summed E-state index contributed by atoms with van der Waals surface area (Å²) in [5.74, 6) is -1.52. The third-order valence-corrected chi connectivity index (χ3v) is 7.45. The molecule has 1 saturated heterocycles. The van der Waals surface area contributed by atoms with Gasteiger partial charge >= 0.3 is 11.7 Å². The van der Waals surface area contributed by atoms with Gasteiger partial charge in [-0.15, -0.1) is 0 Å². The molecule has 0 bridgehead atoms. The molecule has 202 valence electrons. The number of rotatable bonds is 6. The lowest BCUT2D eigenvalue weighted by Gasteiger charge is -2.29. The Hall–Kier alpha value is -4.46. The number of urea groups is 1. The lowest BCUT2D eigenvalue weighted by molar-refractivity contribution is -0.121. The lowest BCUT2D eigenvalue weighted by atomic mass is 10.1. The van der Waals surface area contributed by atoms with Crippen molar-refractivity contribution in [3.05, 3.63) is 68.6 Å². The van der Waals surface area contributed by atoms with Crippen molar-refractivity contribution in [3.8, 4) is 6.07 Å². The number of hydrogen-bond donors (Lipinski definition) is 1. The molecule has 1 aromatic heterocycles. The highest BCUT2D eigenvalue weighted by Gasteiger charge is 2.34. The maximum absolute atomic E-state index is 14.7. The van der Waals surface area contributed by atoms with Crippen LogP contribution in [0.3, 0.4) is 0 Å². The van der Waals surface area contributed by atoms with Crippen LogP contribution in [-0.2, 0) is 11.3 Å². The van der Waals surface area contributed by atoms with Gasteiger partial charge in [0.15, 0.2) is 0 Å². The fourth-order valence-electron chi connectivity index (χ4n) is 5.14. The molecule has 3 aromatic rings. The fourth-order valence-corrected chi connectivity index (χ4v) is 5.14. The Morgan fingerprint density at radius 1 is 1.13 bits per heavy atom. The highest BCUT2D eigenvalue weighted by atomic mass is 19.1. The standard InChI is InChI=1S/C28H29FN6O4/c1-16(2)34-24-8-7-20(11-22(24)26(37)33(28(34)39)14-17-3-4-17)35(21-6-5-18(13-30)23(29)12-21)27(38)32-10-9-19(15-32)25(31)36/h5-8,11-12,16-17,19H,3-4,9-10,14-15H2,1-2H3,(H2,31,36). The normalized spacial score (nSPS) is 17.0. The molecule has 2 aromatic carbocycles. The number of aromatic nitrogens is 2. The van der Waals surface area contributed by atoms with E-state index in [1.807, 2.05) is 13.8 Å². The summed E-state index contributed by atoms with van der Waals surface area (Å²) < 4.78 is 17.5. The first-order valence-corrected chi connectivity index (χ1v) is 13.0. The van der Waals surface area contributed by atoms with Crippen LogP contribution in [0.1, 0.15) is 44.7 Å². The molecule has 2 heterocycles. The number of nitriles is 1. The number of amides is 3. The number of halogens is 1. The number of hydrogen-bond acceptors (Lipinski definition) is 5. The van der Waals surface area contributed by atoms with Crippen LogP contribution in [0.5, 0.6) is 0 Å². The minimum Gasteiger partial charge on any atom is -0.369 e. The average Bonchev–Trinajstić information content (AvgIpc) is 3.58. The van der Waals surface area contributed by atoms with Crippen molar-refractivity contribution < 1.29 is 14.0 Å². The van der Waals surface area contributed by atoms with Gasteiger partial charge in [-0.3, -0.25) is 23.6 Å². The lowest BCUT2D eigenvalue weighted by Crippen LogP contribution is -2.42. The van der Waals surface area contributed by atoms with E-state index >= 15 is 0 Å². The Morgan fingerprint density at radius 3 is 2.41 bits per heavy atom. The van der Waals surface area contributed by atoms with Crippen LogP contribution in [-0.4, -0.2) is 39.1 Å². The van der Waals surface area contributed by atoms with Crippen LogP contribution in [0, 0.1) is 29.0 Å². The molecule has 1 aliphatic heterocycles. The summed E-state index contributed by atoms with van der Waals surface area (Å²) in [6, 6.07) is 9.58. The molecular formula is C28H29FN6O4. The van der Waals surface area contributed by atoms with Crippen molar-refractivity contribution >= 4 is 34.2 Å². The quantitative estimate of drug-likeness (QED) is 0.520. The molecule has 39 heavy (non-hydrogen) atoms. The zero-order chi connectivity index (χ0) is 28.0. The molecule has 1 aliphatic carbocycles. The van der Waals surface area contributed by atoms with Crippen LogP contribution < -0.4 is 21.9 Å². The van der Waals surface area contributed by atoms with Gasteiger partial charge in [0.05, 0.1) is 33.8 Å². The van der Waals surface area contributed by atoms with E-state index in [2.05, 4.69) is 0 Å². The summed E-state index contributed by atoms with van der Waals surface area (Å²) in [6.07, 6.45) is 2.32. The summed E-state index contributed by atoms with van der Waals surface area (Å²) in [4.78, 5) is 55.1. The van der Waals surface area contributed by atoms with E-state index in [-0.39, 0.29) is 53.1 Å². The Bertz CT molecular complexity index is 1650. The largest absolute Gasteiger partial charge is 0.369 e. The molecule has 2 N–H and O–H groups in total. The Kier molecular flexibility index (Phi) is 6.72. The van der Waals surface area contributed by atoms with Crippen molar-refractivity contribution in [1.82, 2.24) is 14.0 Å². The van der Waals surface area contributed by atoms with Crippen molar-refractivity contribution in [3.63, 3.8) is 0 Å². The molecule has 2 fully saturated rings. The summed E-state index contributed by atoms with van der Waals surface area (Å²) in [5.41, 5.74) is 5.32. The number of fused-ring (bicyclic) bond motifs is 1. The molecule has 5 rings (SSSR count). The van der Waals surface area contributed by atoms with Gasteiger partial charge in [-0.1, -0.05) is 0 Å². The van der Waals surface area contributed by atoms with Crippen LogP contribution in [0.4, 0.5) is 20.6 Å². The molecule has 1 saturated carbocycles. The van der Waals surface area contributed by atoms with Crippen molar-refractivity contribution in [2.45, 2.75) is 45.7 Å². The maximum Gasteiger partial charge on any atom is 0.331 e. The number of primary amides is 1. The van der Waals surface area contributed by atoms with E-state index in [1.165, 1.54) is 32.6 Å². The summed E-state index contributed by atoms with van der Waals surface area (Å²) in [5, 5.41) is 9.43. The number of likely N-dealkylation sites (tertiary alicyclic amines) is 1. The van der Waals surface area contributed by atoms with Crippen molar-refractivity contribution in [1.29, 1.82) is 5.26 Å². The summed E-state index contributed by atoms with van der Waals surface area (Å²) in [6.45, 7) is 4.43. The Morgan fingerprint density at radius 2 is 1.82 bits per heavy atom. The van der Waals surface area contributed by atoms with Crippen LogP contribution in [0.15, 0.2) is 46.0 Å². The molecule has 3 amide bonds. The third kappa shape index (κ3) is 4.78. The zero-order valence-corrected chi connectivity index (χ0v) is 21.8. The first kappa shape index (κ1) is 26.2. The second kappa shape index (κ2) is 10.0. The van der Waals surface area contributed by atoms with E-state index in [0.717, 1.165) is 18.9 Å². The molecule has 11 heteroatoms. The Labute approximate surface area is 223 Å². The number of anilines is 2. The van der Waals surface area contributed by atoms with Gasteiger partial charge in [0.1, 0.15) is 11.9 Å². The average molecular weight is 533 g/mol. The van der Waals surface area contributed by atoms with E-state index < -0.39 is 29.2 Å². The predicted octanol–water partition coefficient (Wildman–Crippen LogP) is 3.23. The van der Waals surface area contributed by atoms with Gasteiger partial charge in [0.25, 0.3) is 5.56 Å². The second-order valence-corrected chi connectivity index (χ2v) is 10.5. The monoisotopic (exact) mass is 532 g/mol. The predicted molar refractivity (Wildman–Crippen MR) is 143 cm³/mol.